The molecule has 0 saturated heterocycles. The van der Waals surface area contributed by atoms with Crippen LogP contribution in [0.25, 0.3) is 0 Å². The standard InChI is InChI=1S/Ca.Mo.4H2O.4O.W.2H/h;;4*1H2;;;;;;;/q2*+2;;;;;;;;;+2;2*-1/p-4. The van der Waals surface area contributed by atoms with Crippen LogP contribution in [-0.4, -0.2) is 52.8 Å². The molecule has 0 radical (unpaired) electrons. The van der Waals surface area contributed by atoms with Crippen molar-refractivity contribution in [2.75, 3.05) is 0 Å². The van der Waals surface area contributed by atoms with Crippen molar-refractivity contribution >= 4 is 37.7 Å². The zero-order chi connectivity index (χ0) is 9.00. The second kappa shape index (κ2) is 7.12. The van der Waals surface area contributed by atoms with Crippen molar-refractivity contribution in [1.29, 1.82) is 0 Å². The Hall–Kier alpha value is 1.68. The van der Waals surface area contributed by atoms with E-state index in [1.54, 1.807) is 0 Å². The van der Waals surface area contributed by atoms with Gasteiger partial charge in [0.1, 0.15) is 0 Å². The second-order valence-corrected chi connectivity index (χ2v) is 6.32. The number of hydrogen-bond donors (Lipinski definition) is 4. The van der Waals surface area contributed by atoms with Gasteiger partial charge in [-0.1, -0.05) is 0 Å². The van der Waals surface area contributed by atoms with Crippen LogP contribution >= 0.6 is 0 Å². The van der Waals surface area contributed by atoms with E-state index in [1.807, 2.05) is 0 Å². The summed E-state index contributed by atoms with van der Waals surface area (Å²) in [5, 5.41) is 0. The van der Waals surface area contributed by atoms with Crippen molar-refractivity contribution in [3.63, 3.8) is 0 Å². The van der Waals surface area contributed by atoms with Crippen LogP contribution in [-0.2, 0) is 47.1 Å². The van der Waals surface area contributed by atoms with Crippen molar-refractivity contribution in [3.05, 3.63) is 0 Å². The van der Waals surface area contributed by atoms with Crippen LogP contribution in [0.15, 0.2) is 0 Å². The fourth-order valence-electron chi connectivity index (χ4n) is 0. The summed E-state index contributed by atoms with van der Waals surface area (Å²) >= 11 is -11.2. The summed E-state index contributed by atoms with van der Waals surface area (Å²) in [5.41, 5.74) is 0. The average Bonchev–Trinajstić information content (AvgIpc) is 1.12. The van der Waals surface area contributed by atoms with Gasteiger partial charge in [0, 0.05) is 0 Å². The molecule has 4 N–H and O–H groups in total. The third-order valence-corrected chi connectivity index (χ3v) is 0. The van der Waals surface area contributed by atoms with Crippen LogP contribution < -0.4 is 0 Å². The van der Waals surface area contributed by atoms with E-state index in [4.69, 9.17) is 28.6 Å². The SMILES string of the molecule is [Ca+2].[H-].[H-].[O]=[Mo](=[O])([OH])[OH].[O]=[W](=[O])([OH])[OH]. The van der Waals surface area contributed by atoms with E-state index in [0.717, 1.165) is 0 Å². The summed E-state index contributed by atoms with van der Waals surface area (Å²) in [7, 11) is 0. The van der Waals surface area contributed by atoms with Gasteiger partial charge >= 0.3 is 99.9 Å². The Bertz CT molecular complexity index is 219. The molecule has 0 unspecified atom stereocenters. The molecule has 0 aromatic heterocycles. The summed E-state index contributed by atoms with van der Waals surface area (Å²) in [6.07, 6.45) is 0. The van der Waals surface area contributed by atoms with Crippen molar-refractivity contribution in [2.24, 2.45) is 0 Å². The van der Waals surface area contributed by atoms with Crippen LogP contribution in [0.3, 0.4) is 0 Å². The van der Waals surface area contributed by atoms with Gasteiger partial charge in [0.25, 0.3) is 0 Å². The van der Waals surface area contributed by atoms with E-state index < -0.39 is 33.5 Å². The summed E-state index contributed by atoms with van der Waals surface area (Å²) in [6.45, 7) is 0. The summed E-state index contributed by atoms with van der Waals surface area (Å²) in [6, 6.07) is 0. The van der Waals surface area contributed by atoms with Gasteiger partial charge in [-0.25, -0.2) is 0 Å². The van der Waals surface area contributed by atoms with Gasteiger partial charge in [-0.15, -0.1) is 0 Å². The minimum atomic E-state index is -5.67. The Morgan fingerprint density at radius 3 is 1.09 bits per heavy atom. The molecular formula is H6CaMoO8W. The Morgan fingerprint density at radius 2 is 1.09 bits per heavy atom. The third-order valence-electron chi connectivity index (χ3n) is 0. The van der Waals surface area contributed by atoms with E-state index >= 15 is 0 Å². The fraction of sp³-hybridized carbons (Fsp3) is 0. The first-order chi connectivity index (χ1) is 4.00. The summed E-state index contributed by atoms with van der Waals surface area (Å²) in [5.74, 6) is 0. The Kier molecular flexibility index (Phi) is 11.9. The molecule has 0 spiro atoms. The van der Waals surface area contributed by atoms with E-state index in [1.165, 1.54) is 0 Å². The molecule has 0 aliphatic heterocycles. The van der Waals surface area contributed by atoms with E-state index in [9.17, 15) is 0 Å². The average molecular weight is 454 g/mol. The molecular weight excluding hydrogens is 448 g/mol. The molecule has 8 nitrogen and oxygen atoms in total. The molecule has 0 bridgehead atoms. The quantitative estimate of drug-likeness (QED) is 0.286. The zero-order valence-corrected chi connectivity index (χ0v) is 12.1. The second-order valence-electron chi connectivity index (χ2n) is 0.896. The molecule has 0 aromatic rings. The molecule has 0 aliphatic rings. The molecule has 11 heavy (non-hydrogen) atoms. The Labute approximate surface area is 101 Å². The first-order valence-corrected chi connectivity index (χ1v) is 9.85. The van der Waals surface area contributed by atoms with Crippen molar-refractivity contribution in [3.8, 4) is 0 Å². The first-order valence-electron chi connectivity index (χ1n) is 1.40. The summed E-state index contributed by atoms with van der Waals surface area (Å²) < 4.78 is 64.1. The van der Waals surface area contributed by atoms with Crippen molar-refractivity contribution in [1.82, 2.24) is 0 Å². The normalized spacial score (nSPS) is 10.5. The molecule has 0 atom stereocenters. The molecule has 11 heteroatoms. The van der Waals surface area contributed by atoms with Crippen LogP contribution in [0.4, 0.5) is 0 Å². The predicted molar refractivity (Wildman–Crippen MR) is 19.6 cm³/mol. The molecule has 0 amide bonds. The maximum atomic E-state index is 8.87. The molecule has 0 saturated carbocycles. The fourth-order valence-corrected chi connectivity index (χ4v) is 0. The van der Waals surface area contributed by atoms with Crippen molar-refractivity contribution in [2.45, 2.75) is 0 Å². The van der Waals surface area contributed by atoms with Gasteiger partial charge in [0.05, 0.1) is 0 Å². The molecule has 68 valence electrons. The topological polar surface area (TPSA) is 149 Å². The molecule has 0 heterocycles. The van der Waals surface area contributed by atoms with Gasteiger partial charge in [0.15, 0.2) is 0 Å². The van der Waals surface area contributed by atoms with E-state index in [-0.39, 0.29) is 40.6 Å². The van der Waals surface area contributed by atoms with Gasteiger partial charge in [-0.2, -0.15) is 0 Å². The molecule has 0 aromatic carbocycles. The minimum absolute atomic E-state index is 0. The molecule has 0 aliphatic carbocycles. The molecule has 0 fully saturated rings. The van der Waals surface area contributed by atoms with Crippen molar-refractivity contribution < 1.29 is 65.0 Å². The first kappa shape index (κ1) is 18.5. The third kappa shape index (κ3) is 389. The van der Waals surface area contributed by atoms with Crippen LogP contribution in [0, 0.1) is 0 Å². The van der Waals surface area contributed by atoms with Crippen LogP contribution in [0.2, 0.25) is 0 Å². The zero-order valence-electron chi connectivity index (χ0n) is 6.95. The summed E-state index contributed by atoms with van der Waals surface area (Å²) in [4.78, 5) is 0. The monoisotopic (exact) mass is 456 g/mol. The number of rotatable bonds is 0. The van der Waals surface area contributed by atoms with Gasteiger partial charge in [-0.05, 0) is 0 Å². The Balaban J connectivity index is -0.0000000267. The van der Waals surface area contributed by atoms with Gasteiger partial charge in [-0.3, -0.25) is 0 Å². The maximum absolute atomic E-state index is 8.87. The van der Waals surface area contributed by atoms with Crippen LogP contribution in [0.5, 0.6) is 0 Å². The van der Waals surface area contributed by atoms with E-state index in [2.05, 4.69) is 0 Å². The predicted octanol–water partition coefficient (Wildman–Crippen LogP) is -2.86. The van der Waals surface area contributed by atoms with E-state index in [0.29, 0.717) is 0 Å². The number of hydrogen-bond acceptors (Lipinski definition) is 4. The van der Waals surface area contributed by atoms with Gasteiger partial charge < -0.3 is 2.85 Å². The van der Waals surface area contributed by atoms with Crippen LogP contribution in [0.1, 0.15) is 2.85 Å². The molecule has 0 rings (SSSR count). The van der Waals surface area contributed by atoms with Gasteiger partial charge in [0.2, 0.25) is 0 Å². The Morgan fingerprint density at radius 1 is 1.09 bits per heavy atom.